The van der Waals surface area contributed by atoms with Crippen LogP contribution < -0.4 is 5.32 Å². The second-order valence-electron chi connectivity index (χ2n) is 4.87. The monoisotopic (exact) mass is 211 g/mol. The molecule has 4 atom stereocenters. The first-order valence-corrected chi connectivity index (χ1v) is 6.09. The highest BCUT2D eigenvalue weighted by molar-refractivity contribution is 4.82. The second-order valence-corrected chi connectivity index (χ2v) is 4.87. The third kappa shape index (κ3) is 3.96. The lowest BCUT2D eigenvalue weighted by Gasteiger charge is -2.27. The van der Waals surface area contributed by atoms with Gasteiger partial charge < -0.3 is 10.1 Å². The Bertz CT molecular complexity index is 187. The summed E-state index contributed by atoms with van der Waals surface area (Å²) in [6, 6.07) is 1.12. The van der Waals surface area contributed by atoms with Crippen LogP contribution in [-0.4, -0.2) is 25.3 Å². The van der Waals surface area contributed by atoms with E-state index in [0.717, 1.165) is 19.6 Å². The molecule has 1 rings (SSSR count). The van der Waals surface area contributed by atoms with Gasteiger partial charge in [0, 0.05) is 18.7 Å². The van der Waals surface area contributed by atoms with E-state index in [4.69, 9.17) is 4.74 Å². The van der Waals surface area contributed by atoms with Crippen molar-refractivity contribution in [2.24, 2.45) is 11.8 Å². The molecule has 1 aliphatic heterocycles. The summed E-state index contributed by atoms with van der Waals surface area (Å²) in [5.41, 5.74) is 0. The van der Waals surface area contributed by atoms with E-state index in [1.165, 1.54) is 6.42 Å². The number of allylic oxidation sites excluding steroid dienone is 1. The zero-order valence-electron chi connectivity index (χ0n) is 10.3. The summed E-state index contributed by atoms with van der Waals surface area (Å²) in [6.45, 7) is 12.5. The van der Waals surface area contributed by atoms with Crippen LogP contribution in [0.5, 0.6) is 0 Å². The van der Waals surface area contributed by atoms with Crippen molar-refractivity contribution in [3.63, 3.8) is 0 Å². The molecule has 0 aromatic heterocycles. The first-order valence-electron chi connectivity index (χ1n) is 6.09. The quantitative estimate of drug-likeness (QED) is 0.682. The maximum absolute atomic E-state index is 5.41. The van der Waals surface area contributed by atoms with Crippen LogP contribution in [0.1, 0.15) is 33.6 Å². The normalized spacial score (nSPS) is 27.3. The van der Waals surface area contributed by atoms with Gasteiger partial charge in [-0.2, -0.15) is 0 Å². The highest BCUT2D eigenvalue weighted by Crippen LogP contribution is 2.18. The van der Waals surface area contributed by atoms with Crippen LogP contribution in [0.3, 0.4) is 0 Å². The molecule has 4 unspecified atom stereocenters. The molecule has 0 bridgehead atoms. The molecule has 0 aromatic carbocycles. The van der Waals surface area contributed by atoms with Crippen molar-refractivity contribution in [2.75, 3.05) is 13.2 Å². The highest BCUT2D eigenvalue weighted by Gasteiger charge is 2.24. The van der Waals surface area contributed by atoms with Gasteiger partial charge in [0.15, 0.2) is 0 Å². The van der Waals surface area contributed by atoms with Crippen molar-refractivity contribution in [1.29, 1.82) is 0 Å². The fourth-order valence-corrected chi connectivity index (χ4v) is 2.13. The minimum atomic E-state index is 0.554. The predicted octanol–water partition coefficient (Wildman–Crippen LogP) is 2.60. The molecule has 0 aliphatic carbocycles. The molecule has 2 heteroatoms. The van der Waals surface area contributed by atoms with Gasteiger partial charge in [0.25, 0.3) is 0 Å². The van der Waals surface area contributed by atoms with E-state index in [1.54, 1.807) is 0 Å². The number of nitrogens with one attached hydrogen (secondary N) is 1. The molecule has 0 spiro atoms. The fraction of sp³-hybridized carbons (Fsp3) is 0.846. The maximum atomic E-state index is 5.41. The van der Waals surface area contributed by atoms with Crippen LogP contribution in [0.15, 0.2) is 12.7 Å². The number of hydrogen-bond acceptors (Lipinski definition) is 2. The Morgan fingerprint density at radius 2 is 2.20 bits per heavy atom. The third-order valence-corrected chi connectivity index (χ3v) is 3.59. The third-order valence-electron chi connectivity index (χ3n) is 3.59. The van der Waals surface area contributed by atoms with Crippen molar-refractivity contribution >= 4 is 0 Å². The van der Waals surface area contributed by atoms with Gasteiger partial charge in [0.1, 0.15) is 0 Å². The molecule has 1 fully saturated rings. The highest BCUT2D eigenvalue weighted by atomic mass is 16.5. The van der Waals surface area contributed by atoms with Gasteiger partial charge in [-0.25, -0.2) is 0 Å². The smallest absolute Gasteiger partial charge is 0.0509 e. The first kappa shape index (κ1) is 12.7. The van der Waals surface area contributed by atoms with Gasteiger partial charge in [-0.15, -0.1) is 6.58 Å². The van der Waals surface area contributed by atoms with E-state index in [1.807, 2.05) is 6.08 Å². The van der Waals surface area contributed by atoms with Crippen molar-refractivity contribution in [3.05, 3.63) is 12.7 Å². The molecule has 0 saturated carbocycles. The molecule has 0 amide bonds. The Hall–Kier alpha value is -0.340. The van der Waals surface area contributed by atoms with E-state index >= 15 is 0 Å². The van der Waals surface area contributed by atoms with E-state index in [9.17, 15) is 0 Å². The van der Waals surface area contributed by atoms with Gasteiger partial charge in [-0.05, 0) is 38.5 Å². The minimum Gasteiger partial charge on any atom is -0.381 e. The molecular formula is C13H25NO. The van der Waals surface area contributed by atoms with Crippen molar-refractivity contribution in [3.8, 4) is 0 Å². The molecule has 15 heavy (non-hydrogen) atoms. The molecule has 1 heterocycles. The molecule has 88 valence electrons. The van der Waals surface area contributed by atoms with Crippen molar-refractivity contribution in [2.45, 2.75) is 45.7 Å². The van der Waals surface area contributed by atoms with E-state index in [2.05, 4.69) is 32.7 Å². The maximum Gasteiger partial charge on any atom is 0.0509 e. The van der Waals surface area contributed by atoms with Gasteiger partial charge in [-0.3, -0.25) is 0 Å². The standard InChI is InChI=1S/C13H25NO/c1-5-6-10(2)11(3)14-12(4)13-7-8-15-9-13/h5,10-14H,1,6-9H2,2-4H3. The van der Waals surface area contributed by atoms with Crippen molar-refractivity contribution < 1.29 is 4.74 Å². The summed E-state index contributed by atoms with van der Waals surface area (Å²) in [6.07, 6.45) is 4.30. The summed E-state index contributed by atoms with van der Waals surface area (Å²) in [5, 5.41) is 3.68. The van der Waals surface area contributed by atoms with E-state index in [-0.39, 0.29) is 0 Å². The molecular weight excluding hydrogens is 186 g/mol. The van der Waals surface area contributed by atoms with Gasteiger partial charge in [0.05, 0.1) is 6.61 Å². The molecule has 1 N–H and O–H groups in total. The lowest BCUT2D eigenvalue weighted by molar-refractivity contribution is 0.175. The lowest BCUT2D eigenvalue weighted by Crippen LogP contribution is -2.42. The largest absolute Gasteiger partial charge is 0.381 e. The van der Waals surface area contributed by atoms with Gasteiger partial charge in [0.2, 0.25) is 0 Å². The van der Waals surface area contributed by atoms with Crippen molar-refractivity contribution in [1.82, 2.24) is 5.32 Å². The molecule has 0 aromatic rings. The molecule has 2 nitrogen and oxygen atoms in total. The summed E-state index contributed by atoms with van der Waals surface area (Å²) in [5.74, 6) is 1.36. The predicted molar refractivity (Wildman–Crippen MR) is 65.0 cm³/mol. The first-order chi connectivity index (χ1) is 7.15. The topological polar surface area (TPSA) is 21.3 Å². The zero-order chi connectivity index (χ0) is 11.3. The van der Waals surface area contributed by atoms with Crippen LogP contribution in [0.4, 0.5) is 0 Å². The average Bonchev–Trinajstić information content (AvgIpc) is 2.70. The summed E-state index contributed by atoms with van der Waals surface area (Å²) >= 11 is 0. The number of hydrogen-bond donors (Lipinski definition) is 1. The molecule has 1 saturated heterocycles. The summed E-state index contributed by atoms with van der Waals surface area (Å²) in [7, 11) is 0. The SMILES string of the molecule is C=CCC(C)C(C)NC(C)C1CCOC1. The Morgan fingerprint density at radius 3 is 2.73 bits per heavy atom. The number of rotatable bonds is 6. The summed E-state index contributed by atoms with van der Waals surface area (Å²) < 4.78 is 5.41. The Kier molecular flexibility index (Phi) is 5.34. The molecule has 1 aliphatic rings. The Labute approximate surface area is 94.1 Å². The van der Waals surface area contributed by atoms with Gasteiger partial charge in [-0.1, -0.05) is 13.0 Å². The fourth-order valence-electron chi connectivity index (χ4n) is 2.13. The van der Waals surface area contributed by atoms with Crippen LogP contribution in [0.2, 0.25) is 0 Å². The molecule has 0 radical (unpaired) electrons. The van der Waals surface area contributed by atoms with Crippen LogP contribution >= 0.6 is 0 Å². The van der Waals surface area contributed by atoms with Crippen LogP contribution in [0, 0.1) is 11.8 Å². The van der Waals surface area contributed by atoms with Gasteiger partial charge >= 0.3 is 0 Å². The number of ether oxygens (including phenoxy) is 1. The van der Waals surface area contributed by atoms with E-state index in [0.29, 0.717) is 23.9 Å². The Balaban J connectivity index is 2.29. The Morgan fingerprint density at radius 1 is 1.47 bits per heavy atom. The second kappa shape index (κ2) is 6.29. The zero-order valence-corrected chi connectivity index (χ0v) is 10.3. The minimum absolute atomic E-state index is 0.554. The van der Waals surface area contributed by atoms with Crippen LogP contribution in [0.25, 0.3) is 0 Å². The van der Waals surface area contributed by atoms with E-state index < -0.39 is 0 Å². The average molecular weight is 211 g/mol. The lowest BCUT2D eigenvalue weighted by atomic mass is 9.95. The van der Waals surface area contributed by atoms with Crippen LogP contribution in [-0.2, 0) is 4.74 Å². The summed E-state index contributed by atoms with van der Waals surface area (Å²) in [4.78, 5) is 0.